The molecule has 1 aromatic carbocycles. The molecule has 2 unspecified atom stereocenters. The van der Waals surface area contributed by atoms with Crippen molar-refractivity contribution in [2.75, 3.05) is 18.5 Å². The van der Waals surface area contributed by atoms with E-state index in [9.17, 15) is 0 Å². The second-order valence-electron chi connectivity index (χ2n) is 4.98. The van der Waals surface area contributed by atoms with E-state index in [0.717, 1.165) is 30.0 Å². The van der Waals surface area contributed by atoms with Crippen LogP contribution in [-0.2, 0) is 11.3 Å². The highest BCUT2D eigenvalue weighted by molar-refractivity contribution is 9.09. The lowest BCUT2D eigenvalue weighted by Gasteiger charge is -2.37. The molecular weight excluding hydrogens is 314 g/mol. The molecule has 0 amide bonds. The molecule has 100 valence electrons. The molecular formula is C14H19BrClNO. The Hall–Kier alpha value is -0.0900. The van der Waals surface area contributed by atoms with Gasteiger partial charge in [-0.2, -0.15) is 0 Å². The minimum atomic E-state index is 0.283. The van der Waals surface area contributed by atoms with Crippen LogP contribution in [0.5, 0.6) is 0 Å². The van der Waals surface area contributed by atoms with Crippen molar-refractivity contribution in [3.63, 3.8) is 0 Å². The molecule has 0 bridgehead atoms. The number of aryl methyl sites for hydroxylation is 1. The first-order valence-electron chi connectivity index (χ1n) is 6.26. The quantitative estimate of drug-likeness (QED) is 0.784. The molecule has 1 aliphatic heterocycles. The Balaban J connectivity index is 2.07. The van der Waals surface area contributed by atoms with Gasteiger partial charge < -0.3 is 4.74 Å². The zero-order valence-corrected chi connectivity index (χ0v) is 13.2. The number of hydrogen-bond donors (Lipinski definition) is 0. The van der Waals surface area contributed by atoms with Crippen molar-refractivity contribution in [1.82, 2.24) is 4.90 Å². The molecule has 1 fully saturated rings. The summed E-state index contributed by atoms with van der Waals surface area (Å²) in [6.45, 7) is 6.91. The predicted molar refractivity (Wildman–Crippen MR) is 79.6 cm³/mol. The van der Waals surface area contributed by atoms with Crippen molar-refractivity contribution >= 4 is 27.5 Å². The van der Waals surface area contributed by atoms with E-state index in [-0.39, 0.29) is 6.10 Å². The largest absolute Gasteiger partial charge is 0.374 e. The van der Waals surface area contributed by atoms with Gasteiger partial charge in [-0.25, -0.2) is 0 Å². The van der Waals surface area contributed by atoms with Crippen LogP contribution in [0.15, 0.2) is 18.2 Å². The van der Waals surface area contributed by atoms with Gasteiger partial charge in [-0.05, 0) is 31.0 Å². The summed E-state index contributed by atoms with van der Waals surface area (Å²) in [4.78, 5) is 2.44. The molecule has 1 aliphatic rings. The van der Waals surface area contributed by atoms with E-state index in [0.29, 0.717) is 6.04 Å². The fourth-order valence-corrected chi connectivity index (χ4v) is 2.87. The van der Waals surface area contributed by atoms with E-state index in [2.05, 4.69) is 46.8 Å². The van der Waals surface area contributed by atoms with E-state index < -0.39 is 0 Å². The van der Waals surface area contributed by atoms with E-state index >= 15 is 0 Å². The maximum atomic E-state index is 6.30. The first-order chi connectivity index (χ1) is 8.60. The van der Waals surface area contributed by atoms with Crippen LogP contribution >= 0.6 is 27.5 Å². The average molecular weight is 333 g/mol. The van der Waals surface area contributed by atoms with Gasteiger partial charge in [-0.1, -0.05) is 39.7 Å². The van der Waals surface area contributed by atoms with Gasteiger partial charge in [0.25, 0.3) is 0 Å². The number of ether oxygens (including phenoxy) is 1. The van der Waals surface area contributed by atoms with E-state index in [1.807, 2.05) is 6.07 Å². The van der Waals surface area contributed by atoms with Crippen LogP contribution in [0.2, 0.25) is 5.02 Å². The minimum Gasteiger partial charge on any atom is -0.374 e. The summed E-state index contributed by atoms with van der Waals surface area (Å²) in [6.07, 6.45) is 0.283. The number of nitrogens with zero attached hydrogens (tertiary/aromatic N) is 1. The summed E-state index contributed by atoms with van der Waals surface area (Å²) < 4.78 is 5.74. The second-order valence-corrected chi connectivity index (χ2v) is 6.04. The van der Waals surface area contributed by atoms with Crippen LogP contribution in [0.1, 0.15) is 18.1 Å². The maximum Gasteiger partial charge on any atom is 0.0799 e. The van der Waals surface area contributed by atoms with Crippen molar-refractivity contribution in [3.8, 4) is 0 Å². The Morgan fingerprint density at radius 3 is 2.94 bits per heavy atom. The number of morpholine rings is 1. The van der Waals surface area contributed by atoms with E-state index in [4.69, 9.17) is 16.3 Å². The Morgan fingerprint density at radius 1 is 1.50 bits per heavy atom. The average Bonchev–Trinajstić information content (AvgIpc) is 2.35. The third kappa shape index (κ3) is 3.47. The lowest BCUT2D eigenvalue weighted by molar-refractivity contribution is -0.0499. The number of benzene rings is 1. The SMILES string of the molecule is Cc1ccc(CN2CC(CBr)OCC2C)c(Cl)c1. The number of halogens is 2. The van der Waals surface area contributed by atoms with Crippen molar-refractivity contribution < 1.29 is 4.74 Å². The maximum absolute atomic E-state index is 6.30. The Labute approximate surface area is 122 Å². The Morgan fingerprint density at radius 2 is 2.28 bits per heavy atom. The zero-order valence-electron chi connectivity index (χ0n) is 10.8. The molecule has 1 aromatic rings. The molecule has 0 N–H and O–H groups in total. The highest BCUT2D eigenvalue weighted by atomic mass is 79.9. The first kappa shape index (κ1) is 14.3. The molecule has 2 nitrogen and oxygen atoms in total. The standard InChI is InChI=1S/C14H19BrClNO/c1-10-3-4-12(14(16)5-10)7-17-8-13(6-15)18-9-11(17)2/h3-5,11,13H,6-9H2,1-2H3. The molecule has 1 saturated heterocycles. The van der Waals surface area contributed by atoms with Gasteiger partial charge in [0.1, 0.15) is 0 Å². The molecule has 4 heteroatoms. The molecule has 1 heterocycles. The normalized spacial score (nSPS) is 25.3. The van der Waals surface area contributed by atoms with Crippen molar-refractivity contribution in [3.05, 3.63) is 34.3 Å². The van der Waals surface area contributed by atoms with Gasteiger partial charge in [0, 0.05) is 29.5 Å². The lowest BCUT2D eigenvalue weighted by atomic mass is 10.1. The minimum absolute atomic E-state index is 0.283. The summed E-state index contributed by atoms with van der Waals surface area (Å²) in [5.74, 6) is 0. The van der Waals surface area contributed by atoms with Crippen LogP contribution in [-0.4, -0.2) is 35.5 Å². The topological polar surface area (TPSA) is 12.5 Å². The Kier molecular flexibility index (Phi) is 5.07. The van der Waals surface area contributed by atoms with Crippen LogP contribution in [0.25, 0.3) is 0 Å². The van der Waals surface area contributed by atoms with Gasteiger partial charge in [0.05, 0.1) is 12.7 Å². The smallest absolute Gasteiger partial charge is 0.0799 e. The van der Waals surface area contributed by atoms with Crippen molar-refractivity contribution in [1.29, 1.82) is 0 Å². The summed E-state index contributed by atoms with van der Waals surface area (Å²) in [5.41, 5.74) is 2.40. The van der Waals surface area contributed by atoms with E-state index in [1.54, 1.807) is 0 Å². The predicted octanol–water partition coefficient (Wildman–Crippen LogP) is 3.63. The summed E-state index contributed by atoms with van der Waals surface area (Å²) >= 11 is 9.79. The van der Waals surface area contributed by atoms with Crippen molar-refractivity contribution in [2.24, 2.45) is 0 Å². The van der Waals surface area contributed by atoms with Gasteiger partial charge >= 0.3 is 0 Å². The summed E-state index contributed by atoms with van der Waals surface area (Å²) in [5, 5.41) is 1.75. The molecule has 0 radical (unpaired) electrons. The Bertz CT molecular complexity index is 413. The third-order valence-corrected chi connectivity index (χ3v) is 4.46. The van der Waals surface area contributed by atoms with Crippen LogP contribution in [0.3, 0.4) is 0 Å². The number of alkyl halides is 1. The molecule has 0 aromatic heterocycles. The monoisotopic (exact) mass is 331 g/mol. The van der Waals surface area contributed by atoms with Gasteiger partial charge in [-0.15, -0.1) is 0 Å². The molecule has 18 heavy (non-hydrogen) atoms. The lowest BCUT2D eigenvalue weighted by Crippen LogP contribution is -2.48. The van der Waals surface area contributed by atoms with Gasteiger partial charge in [0.2, 0.25) is 0 Å². The van der Waals surface area contributed by atoms with E-state index in [1.165, 1.54) is 11.1 Å². The fourth-order valence-electron chi connectivity index (χ4n) is 2.19. The number of rotatable bonds is 3. The molecule has 2 rings (SSSR count). The molecule has 0 aliphatic carbocycles. The van der Waals surface area contributed by atoms with Crippen LogP contribution in [0.4, 0.5) is 0 Å². The fraction of sp³-hybridized carbons (Fsp3) is 0.571. The highest BCUT2D eigenvalue weighted by Gasteiger charge is 2.25. The number of hydrogen-bond acceptors (Lipinski definition) is 2. The van der Waals surface area contributed by atoms with Crippen molar-refractivity contribution in [2.45, 2.75) is 32.5 Å². The highest BCUT2D eigenvalue weighted by Crippen LogP contribution is 2.22. The van der Waals surface area contributed by atoms with Crippen LogP contribution < -0.4 is 0 Å². The third-order valence-electron chi connectivity index (χ3n) is 3.39. The summed E-state index contributed by atoms with van der Waals surface area (Å²) in [7, 11) is 0. The summed E-state index contributed by atoms with van der Waals surface area (Å²) in [6, 6.07) is 6.72. The first-order valence-corrected chi connectivity index (χ1v) is 7.76. The molecule has 0 saturated carbocycles. The molecule has 2 atom stereocenters. The zero-order chi connectivity index (χ0) is 13.1. The van der Waals surface area contributed by atoms with Gasteiger partial charge in [0.15, 0.2) is 0 Å². The second kappa shape index (κ2) is 6.38. The molecule has 0 spiro atoms. The van der Waals surface area contributed by atoms with Gasteiger partial charge in [-0.3, -0.25) is 4.90 Å². The van der Waals surface area contributed by atoms with Crippen LogP contribution in [0, 0.1) is 6.92 Å².